The van der Waals surface area contributed by atoms with Gasteiger partial charge in [0, 0.05) is 12.2 Å². The lowest BCUT2D eigenvalue weighted by Gasteiger charge is -2.10. The Morgan fingerprint density at radius 1 is 0.783 bits per heavy atom. The van der Waals surface area contributed by atoms with E-state index in [2.05, 4.69) is 41.7 Å². The smallest absolute Gasteiger partial charge is 0.250 e. The van der Waals surface area contributed by atoms with Crippen molar-refractivity contribution in [3.05, 3.63) is 90.0 Å². The summed E-state index contributed by atoms with van der Waals surface area (Å²) in [6.45, 7) is 0.638. The van der Waals surface area contributed by atoms with Gasteiger partial charge in [0.1, 0.15) is 0 Å². The molecule has 3 heteroatoms. The van der Waals surface area contributed by atoms with Gasteiger partial charge in [0.15, 0.2) is 0 Å². The van der Waals surface area contributed by atoms with E-state index in [0.717, 1.165) is 11.3 Å². The maximum atomic E-state index is 11.4. The maximum Gasteiger partial charge on any atom is 0.250 e. The molecule has 0 aliphatic heterocycles. The molecule has 0 aromatic heterocycles. The summed E-state index contributed by atoms with van der Waals surface area (Å²) < 4.78 is 0. The fourth-order valence-corrected chi connectivity index (χ4v) is 2.50. The molecular weight excluding hydrogens is 284 g/mol. The predicted octanol–water partition coefficient (Wildman–Crippen LogP) is 4.06. The zero-order chi connectivity index (χ0) is 16.1. The number of benzene rings is 3. The Morgan fingerprint density at radius 2 is 1.39 bits per heavy atom. The van der Waals surface area contributed by atoms with Gasteiger partial charge in [0.2, 0.25) is 0 Å². The Morgan fingerprint density at radius 3 is 2.09 bits per heavy atom. The first-order chi connectivity index (χ1) is 11.2. The van der Waals surface area contributed by atoms with Crippen molar-refractivity contribution in [1.29, 1.82) is 0 Å². The van der Waals surface area contributed by atoms with Gasteiger partial charge in [0.05, 0.1) is 5.56 Å². The number of hydrogen-bond donors (Lipinski definition) is 2. The third-order valence-corrected chi connectivity index (χ3v) is 3.74. The van der Waals surface area contributed by atoms with Crippen molar-refractivity contribution in [2.45, 2.75) is 6.54 Å². The van der Waals surface area contributed by atoms with Crippen LogP contribution in [0.25, 0.3) is 11.1 Å². The Kier molecular flexibility index (Phi) is 4.39. The molecule has 0 aliphatic rings. The van der Waals surface area contributed by atoms with Crippen molar-refractivity contribution in [3.8, 4) is 11.1 Å². The number of primary amides is 1. The molecule has 0 saturated carbocycles. The van der Waals surface area contributed by atoms with E-state index in [-0.39, 0.29) is 0 Å². The summed E-state index contributed by atoms with van der Waals surface area (Å²) in [4.78, 5) is 11.4. The highest BCUT2D eigenvalue weighted by Gasteiger charge is 2.06. The Balaban J connectivity index is 1.71. The van der Waals surface area contributed by atoms with Gasteiger partial charge < -0.3 is 11.1 Å². The van der Waals surface area contributed by atoms with Crippen LogP contribution >= 0.6 is 0 Å². The molecule has 0 bridgehead atoms. The van der Waals surface area contributed by atoms with Crippen LogP contribution in [-0.4, -0.2) is 5.91 Å². The first kappa shape index (κ1) is 14.9. The van der Waals surface area contributed by atoms with Crippen molar-refractivity contribution in [2.24, 2.45) is 5.73 Å². The lowest BCUT2D eigenvalue weighted by molar-refractivity contribution is 0.100. The molecule has 114 valence electrons. The van der Waals surface area contributed by atoms with Gasteiger partial charge in [-0.2, -0.15) is 0 Å². The van der Waals surface area contributed by atoms with Gasteiger partial charge in [-0.1, -0.05) is 66.7 Å². The molecule has 0 saturated heterocycles. The van der Waals surface area contributed by atoms with Crippen LogP contribution < -0.4 is 11.1 Å². The molecule has 0 spiro atoms. The fraction of sp³-hybridized carbons (Fsp3) is 0.0500. The van der Waals surface area contributed by atoms with Crippen LogP contribution in [-0.2, 0) is 6.54 Å². The second kappa shape index (κ2) is 6.79. The fourth-order valence-electron chi connectivity index (χ4n) is 2.50. The Bertz CT molecular complexity index is 795. The molecular formula is C20H18N2O. The van der Waals surface area contributed by atoms with E-state index < -0.39 is 5.91 Å². The molecule has 3 N–H and O–H groups in total. The molecule has 0 atom stereocenters. The van der Waals surface area contributed by atoms with E-state index in [9.17, 15) is 4.79 Å². The van der Waals surface area contributed by atoms with Gasteiger partial charge in [-0.3, -0.25) is 4.79 Å². The van der Waals surface area contributed by atoms with Gasteiger partial charge >= 0.3 is 0 Å². The number of anilines is 1. The summed E-state index contributed by atoms with van der Waals surface area (Å²) >= 11 is 0. The minimum atomic E-state index is -0.424. The average Bonchev–Trinajstić information content (AvgIpc) is 2.61. The Hall–Kier alpha value is -3.07. The summed E-state index contributed by atoms with van der Waals surface area (Å²) in [5.74, 6) is -0.424. The summed E-state index contributed by atoms with van der Waals surface area (Å²) in [6.07, 6.45) is 0. The van der Waals surface area contributed by atoms with Crippen LogP contribution in [0, 0.1) is 0 Å². The van der Waals surface area contributed by atoms with Crippen LogP contribution in [0.15, 0.2) is 78.9 Å². The second-order valence-corrected chi connectivity index (χ2v) is 5.33. The molecule has 1 amide bonds. The monoisotopic (exact) mass is 302 g/mol. The van der Waals surface area contributed by atoms with E-state index in [0.29, 0.717) is 12.1 Å². The van der Waals surface area contributed by atoms with Crippen LogP contribution in [0.2, 0.25) is 0 Å². The van der Waals surface area contributed by atoms with E-state index in [1.54, 1.807) is 12.1 Å². The first-order valence-corrected chi connectivity index (χ1v) is 7.51. The number of carbonyl (C=O) groups excluding carboxylic acids is 1. The van der Waals surface area contributed by atoms with Crippen molar-refractivity contribution in [1.82, 2.24) is 0 Å². The largest absolute Gasteiger partial charge is 0.380 e. The summed E-state index contributed by atoms with van der Waals surface area (Å²) in [5, 5.41) is 3.27. The highest BCUT2D eigenvalue weighted by Crippen LogP contribution is 2.20. The average molecular weight is 302 g/mol. The third-order valence-electron chi connectivity index (χ3n) is 3.74. The zero-order valence-corrected chi connectivity index (χ0v) is 12.7. The summed E-state index contributed by atoms with van der Waals surface area (Å²) in [7, 11) is 0. The lowest BCUT2D eigenvalue weighted by Crippen LogP contribution is -2.14. The first-order valence-electron chi connectivity index (χ1n) is 7.51. The highest BCUT2D eigenvalue weighted by molar-refractivity contribution is 5.98. The van der Waals surface area contributed by atoms with Gasteiger partial charge in [0.25, 0.3) is 5.91 Å². The number of nitrogens with one attached hydrogen (secondary N) is 1. The minimum Gasteiger partial charge on any atom is -0.380 e. The van der Waals surface area contributed by atoms with E-state index >= 15 is 0 Å². The topological polar surface area (TPSA) is 55.1 Å². The van der Waals surface area contributed by atoms with Gasteiger partial charge in [-0.25, -0.2) is 0 Å². The van der Waals surface area contributed by atoms with Crippen LogP contribution in [0.3, 0.4) is 0 Å². The summed E-state index contributed by atoms with van der Waals surface area (Å²) in [5.41, 5.74) is 10.2. The number of hydrogen-bond acceptors (Lipinski definition) is 2. The van der Waals surface area contributed by atoms with E-state index in [1.165, 1.54) is 11.1 Å². The molecule has 0 radical (unpaired) electrons. The number of para-hydroxylation sites is 1. The maximum absolute atomic E-state index is 11.4. The normalized spacial score (nSPS) is 10.3. The van der Waals surface area contributed by atoms with Crippen molar-refractivity contribution in [3.63, 3.8) is 0 Å². The number of carbonyl (C=O) groups is 1. The molecule has 0 unspecified atom stereocenters. The third kappa shape index (κ3) is 3.58. The zero-order valence-electron chi connectivity index (χ0n) is 12.7. The molecule has 3 aromatic carbocycles. The predicted molar refractivity (Wildman–Crippen MR) is 94.2 cm³/mol. The summed E-state index contributed by atoms with van der Waals surface area (Å²) in [6, 6.07) is 25.9. The molecule has 0 heterocycles. The molecule has 3 aromatic rings. The van der Waals surface area contributed by atoms with Crippen molar-refractivity contribution in [2.75, 3.05) is 5.32 Å². The van der Waals surface area contributed by atoms with Gasteiger partial charge in [-0.05, 0) is 28.8 Å². The van der Waals surface area contributed by atoms with E-state index in [1.807, 2.05) is 30.3 Å². The lowest BCUT2D eigenvalue weighted by atomic mass is 10.0. The second-order valence-electron chi connectivity index (χ2n) is 5.33. The molecule has 23 heavy (non-hydrogen) atoms. The standard InChI is InChI=1S/C20H18N2O/c21-20(23)18-8-4-5-9-19(18)22-14-15-10-12-17(13-11-15)16-6-2-1-3-7-16/h1-13,22H,14H2,(H2,21,23). The quantitative estimate of drug-likeness (QED) is 0.746. The van der Waals surface area contributed by atoms with Gasteiger partial charge in [-0.15, -0.1) is 0 Å². The van der Waals surface area contributed by atoms with Crippen molar-refractivity contribution < 1.29 is 4.79 Å². The molecule has 0 aliphatic carbocycles. The van der Waals surface area contributed by atoms with Crippen molar-refractivity contribution >= 4 is 11.6 Å². The Labute approximate surface area is 135 Å². The molecule has 0 fully saturated rings. The molecule has 3 rings (SSSR count). The number of amides is 1. The van der Waals surface area contributed by atoms with Crippen LogP contribution in [0.1, 0.15) is 15.9 Å². The van der Waals surface area contributed by atoms with Crippen LogP contribution in [0.5, 0.6) is 0 Å². The molecule has 3 nitrogen and oxygen atoms in total. The number of nitrogens with two attached hydrogens (primary N) is 1. The highest BCUT2D eigenvalue weighted by atomic mass is 16.1. The number of rotatable bonds is 5. The van der Waals surface area contributed by atoms with E-state index in [4.69, 9.17) is 5.73 Å². The minimum absolute atomic E-state index is 0.424. The SMILES string of the molecule is NC(=O)c1ccccc1NCc1ccc(-c2ccccc2)cc1. The van der Waals surface area contributed by atoms with Crippen LogP contribution in [0.4, 0.5) is 5.69 Å².